The fraction of sp³-hybridized carbons (Fsp3) is 0.286. The van der Waals surface area contributed by atoms with Crippen molar-refractivity contribution in [1.82, 2.24) is 4.98 Å². The molecule has 0 saturated carbocycles. The van der Waals surface area contributed by atoms with E-state index in [1.807, 2.05) is 32.9 Å². The van der Waals surface area contributed by atoms with Crippen LogP contribution in [0.15, 0.2) is 22.7 Å². The van der Waals surface area contributed by atoms with Crippen molar-refractivity contribution < 1.29 is 9.21 Å². The van der Waals surface area contributed by atoms with E-state index in [0.29, 0.717) is 5.76 Å². The summed E-state index contributed by atoms with van der Waals surface area (Å²) in [6.07, 6.45) is 1.53. The summed E-state index contributed by atoms with van der Waals surface area (Å²) in [7, 11) is 0. The zero-order valence-corrected chi connectivity index (χ0v) is 11.0. The summed E-state index contributed by atoms with van der Waals surface area (Å²) in [6, 6.07) is 4.06. The Kier molecular flexibility index (Phi) is 3.19. The molecule has 0 aliphatic rings. The van der Waals surface area contributed by atoms with Crippen LogP contribution in [0.4, 0.5) is 5.69 Å². The molecule has 18 heavy (non-hydrogen) atoms. The number of benzene rings is 1. The fourth-order valence-electron chi connectivity index (χ4n) is 2.00. The van der Waals surface area contributed by atoms with Gasteiger partial charge in [-0.2, -0.15) is 0 Å². The molecule has 0 bridgehead atoms. The van der Waals surface area contributed by atoms with Gasteiger partial charge >= 0.3 is 5.91 Å². The number of hydrogen-bond acceptors (Lipinski definition) is 3. The summed E-state index contributed by atoms with van der Waals surface area (Å²) in [5.41, 5.74) is 4.06. The van der Waals surface area contributed by atoms with Crippen molar-refractivity contribution in [2.75, 3.05) is 5.32 Å². The van der Waals surface area contributed by atoms with E-state index in [-0.39, 0.29) is 11.8 Å². The fourth-order valence-corrected chi connectivity index (χ4v) is 2.00. The van der Waals surface area contributed by atoms with Crippen LogP contribution in [-0.4, -0.2) is 10.9 Å². The maximum absolute atomic E-state index is 11.9. The van der Waals surface area contributed by atoms with Gasteiger partial charge in [0.2, 0.25) is 0 Å². The standard InChI is InChI=1S/C14H16N2O2/c1-8-5-9(2)12(10(3)6-8)16-13(17)14-15-7-11(4)18-14/h5-7H,1-4H3,(H,16,17). The first-order valence-electron chi connectivity index (χ1n) is 5.79. The number of nitrogens with one attached hydrogen (secondary N) is 1. The van der Waals surface area contributed by atoms with Crippen LogP contribution in [0.3, 0.4) is 0 Å². The quantitative estimate of drug-likeness (QED) is 0.882. The Morgan fingerprint density at radius 3 is 2.28 bits per heavy atom. The van der Waals surface area contributed by atoms with E-state index >= 15 is 0 Å². The highest BCUT2D eigenvalue weighted by Crippen LogP contribution is 2.22. The molecule has 0 saturated heterocycles. The zero-order valence-electron chi connectivity index (χ0n) is 11.0. The number of anilines is 1. The predicted molar refractivity (Wildman–Crippen MR) is 69.8 cm³/mol. The van der Waals surface area contributed by atoms with Gasteiger partial charge in [-0.1, -0.05) is 17.7 Å². The summed E-state index contributed by atoms with van der Waals surface area (Å²) < 4.78 is 5.20. The highest BCUT2D eigenvalue weighted by Gasteiger charge is 2.14. The number of aryl methyl sites for hydroxylation is 4. The van der Waals surface area contributed by atoms with Gasteiger partial charge in [-0.3, -0.25) is 4.79 Å². The second-order valence-corrected chi connectivity index (χ2v) is 4.50. The largest absolute Gasteiger partial charge is 0.438 e. The number of carbonyl (C=O) groups is 1. The van der Waals surface area contributed by atoms with E-state index < -0.39 is 0 Å². The average Bonchev–Trinajstić information content (AvgIpc) is 2.70. The lowest BCUT2D eigenvalue weighted by molar-refractivity contribution is 0.0989. The molecule has 1 N–H and O–H groups in total. The van der Waals surface area contributed by atoms with Crippen LogP contribution in [-0.2, 0) is 0 Å². The first-order chi connectivity index (χ1) is 8.47. The lowest BCUT2D eigenvalue weighted by atomic mass is 10.1. The molecule has 4 nitrogen and oxygen atoms in total. The minimum Gasteiger partial charge on any atom is -0.438 e. The third-order valence-electron chi connectivity index (χ3n) is 2.73. The molecule has 1 heterocycles. The first kappa shape index (κ1) is 12.4. The Morgan fingerprint density at radius 2 is 1.78 bits per heavy atom. The number of amides is 1. The monoisotopic (exact) mass is 244 g/mol. The SMILES string of the molecule is Cc1cc(C)c(NC(=O)c2ncc(C)o2)c(C)c1. The molecule has 1 amide bonds. The van der Waals surface area contributed by atoms with Crippen molar-refractivity contribution in [2.45, 2.75) is 27.7 Å². The minimum atomic E-state index is -0.321. The lowest BCUT2D eigenvalue weighted by Crippen LogP contribution is -2.14. The van der Waals surface area contributed by atoms with Gasteiger partial charge in [0.1, 0.15) is 5.76 Å². The molecule has 1 aromatic carbocycles. The molecule has 0 fully saturated rings. The highest BCUT2D eigenvalue weighted by molar-refractivity contribution is 6.01. The number of aromatic nitrogens is 1. The second kappa shape index (κ2) is 4.64. The molecule has 2 aromatic rings. The number of nitrogens with zero attached hydrogens (tertiary/aromatic N) is 1. The van der Waals surface area contributed by atoms with Crippen molar-refractivity contribution in [1.29, 1.82) is 0 Å². The molecular formula is C14H16N2O2. The van der Waals surface area contributed by atoms with Crippen LogP contribution in [0, 0.1) is 27.7 Å². The summed E-state index contributed by atoms with van der Waals surface area (Å²) in [5, 5.41) is 2.84. The van der Waals surface area contributed by atoms with Gasteiger partial charge in [0, 0.05) is 5.69 Å². The smallest absolute Gasteiger partial charge is 0.311 e. The Balaban J connectivity index is 2.27. The minimum absolute atomic E-state index is 0.0897. The van der Waals surface area contributed by atoms with E-state index in [2.05, 4.69) is 10.3 Å². The normalized spacial score (nSPS) is 10.4. The summed E-state index contributed by atoms with van der Waals surface area (Å²) in [4.78, 5) is 15.9. The molecule has 1 aromatic heterocycles. The number of hydrogen-bond donors (Lipinski definition) is 1. The Morgan fingerprint density at radius 1 is 1.17 bits per heavy atom. The Labute approximate surface area is 106 Å². The average molecular weight is 244 g/mol. The van der Waals surface area contributed by atoms with Gasteiger partial charge in [-0.05, 0) is 38.8 Å². The van der Waals surface area contributed by atoms with Crippen LogP contribution in [0.25, 0.3) is 0 Å². The number of carbonyl (C=O) groups excluding carboxylic acids is 1. The summed E-state index contributed by atoms with van der Waals surface area (Å²) in [6.45, 7) is 7.72. The van der Waals surface area contributed by atoms with E-state index in [0.717, 1.165) is 16.8 Å². The van der Waals surface area contributed by atoms with Gasteiger partial charge in [-0.15, -0.1) is 0 Å². The molecule has 0 atom stereocenters. The van der Waals surface area contributed by atoms with Gasteiger partial charge in [0.05, 0.1) is 6.20 Å². The molecule has 94 valence electrons. The van der Waals surface area contributed by atoms with E-state index in [1.165, 1.54) is 11.8 Å². The first-order valence-corrected chi connectivity index (χ1v) is 5.79. The summed E-state index contributed by atoms with van der Waals surface area (Å²) in [5.74, 6) is 0.391. The molecule has 4 heteroatoms. The van der Waals surface area contributed by atoms with Crippen molar-refractivity contribution >= 4 is 11.6 Å². The maximum Gasteiger partial charge on any atom is 0.311 e. The molecule has 0 aliphatic heterocycles. The predicted octanol–water partition coefficient (Wildman–Crippen LogP) is 3.16. The molecule has 0 unspecified atom stereocenters. The summed E-state index contributed by atoms with van der Waals surface area (Å²) >= 11 is 0. The number of oxazole rings is 1. The number of rotatable bonds is 2. The van der Waals surface area contributed by atoms with Crippen molar-refractivity contribution in [3.63, 3.8) is 0 Å². The topological polar surface area (TPSA) is 55.1 Å². The van der Waals surface area contributed by atoms with Crippen LogP contribution in [0.1, 0.15) is 33.1 Å². The van der Waals surface area contributed by atoms with Gasteiger partial charge in [-0.25, -0.2) is 4.98 Å². The molecule has 0 radical (unpaired) electrons. The van der Waals surface area contributed by atoms with Crippen molar-refractivity contribution in [3.8, 4) is 0 Å². The van der Waals surface area contributed by atoms with E-state index in [4.69, 9.17) is 4.42 Å². The maximum atomic E-state index is 11.9. The molecule has 2 rings (SSSR count). The highest BCUT2D eigenvalue weighted by atomic mass is 16.4. The van der Waals surface area contributed by atoms with Crippen LogP contribution < -0.4 is 5.32 Å². The molecule has 0 spiro atoms. The van der Waals surface area contributed by atoms with E-state index in [9.17, 15) is 4.79 Å². The van der Waals surface area contributed by atoms with Gasteiger partial charge < -0.3 is 9.73 Å². The zero-order chi connectivity index (χ0) is 13.3. The third kappa shape index (κ3) is 2.42. The van der Waals surface area contributed by atoms with Gasteiger partial charge in [0.25, 0.3) is 5.89 Å². The van der Waals surface area contributed by atoms with Crippen LogP contribution in [0.5, 0.6) is 0 Å². The third-order valence-corrected chi connectivity index (χ3v) is 2.73. The Bertz CT molecular complexity index is 577. The van der Waals surface area contributed by atoms with Crippen molar-refractivity contribution in [2.24, 2.45) is 0 Å². The lowest BCUT2D eigenvalue weighted by Gasteiger charge is -2.11. The Hall–Kier alpha value is -2.10. The van der Waals surface area contributed by atoms with Crippen LogP contribution in [0.2, 0.25) is 0 Å². The van der Waals surface area contributed by atoms with Gasteiger partial charge in [0.15, 0.2) is 0 Å². The van der Waals surface area contributed by atoms with E-state index in [1.54, 1.807) is 6.92 Å². The molecule has 0 aliphatic carbocycles. The second-order valence-electron chi connectivity index (χ2n) is 4.50. The molecular weight excluding hydrogens is 228 g/mol. The van der Waals surface area contributed by atoms with Crippen LogP contribution >= 0.6 is 0 Å². The van der Waals surface area contributed by atoms with Crippen molar-refractivity contribution in [3.05, 3.63) is 46.7 Å².